The van der Waals surface area contributed by atoms with Crippen molar-refractivity contribution in [1.29, 1.82) is 0 Å². The summed E-state index contributed by atoms with van der Waals surface area (Å²) in [5.74, 6) is 0. The molecule has 2 fully saturated rings. The number of halogens is 1. The van der Waals surface area contributed by atoms with E-state index in [2.05, 4.69) is 16.4 Å². The summed E-state index contributed by atoms with van der Waals surface area (Å²) in [7, 11) is 0. The molecule has 4 heteroatoms. The Balaban J connectivity index is 1.65. The van der Waals surface area contributed by atoms with Crippen LogP contribution in [-0.2, 0) is 4.74 Å². The van der Waals surface area contributed by atoms with Gasteiger partial charge in [-0.1, -0.05) is 11.6 Å². The van der Waals surface area contributed by atoms with Crippen LogP contribution in [0.25, 0.3) is 0 Å². The van der Waals surface area contributed by atoms with Crippen LogP contribution in [0.3, 0.4) is 0 Å². The fourth-order valence-corrected chi connectivity index (χ4v) is 2.99. The van der Waals surface area contributed by atoms with Crippen LogP contribution in [0.1, 0.15) is 0 Å². The van der Waals surface area contributed by atoms with Crippen LogP contribution < -0.4 is 0 Å². The van der Waals surface area contributed by atoms with Gasteiger partial charge in [0.1, 0.15) is 0 Å². The van der Waals surface area contributed by atoms with Crippen LogP contribution in [0.2, 0.25) is 5.02 Å². The van der Waals surface area contributed by atoms with E-state index in [9.17, 15) is 0 Å². The van der Waals surface area contributed by atoms with Crippen LogP contribution in [0, 0.1) is 0 Å². The second kappa shape index (κ2) is 3.42. The third-order valence-electron chi connectivity index (χ3n) is 2.61. The molecule has 14 heavy (non-hydrogen) atoms. The zero-order valence-electron chi connectivity index (χ0n) is 7.52. The summed E-state index contributed by atoms with van der Waals surface area (Å²) in [5, 5.41) is 0.795. The summed E-state index contributed by atoms with van der Waals surface area (Å²) in [6, 6.07) is 9.27. The summed E-state index contributed by atoms with van der Waals surface area (Å²) >= 11 is 7.62. The second-order valence-corrected chi connectivity index (χ2v) is 5.09. The first-order chi connectivity index (χ1) is 6.84. The van der Waals surface area contributed by atoms with Crippen molar-refractivity contribution >= 4 is 23.5 Å². The molecule has 1 aromatic carbocycles. The van der Waals surface area contributed by atoms with Gasteiger partial charge in [-0.3, -0.25) is 0 Å². The molecule has 2 nitrogen and oxygen atoms in total. The molecule has 0 radical (unpaired) electrons. The van der Waals surface area contributed by atoms with Crippen molar-refractivity contribution in [3.8, 4) is 0 Å². The number of morpholine rings is 1. The van der Waals surface area contributed by atoms with E-state index in [0.717, 1.165) is 18.2 Å². The van der Waals surface area contributed by atoms with Crippen molar-refractivity contribution in [1.82, 2.24) is 4.31 Å². The van der Waals surface area contributed by atoms with Crippen LogP contribution in [0.5, 0.6) is 0 Å². The van der Waals surface area contributed by atoms with Crippen molar-refractivity contribution in [3.05, 3.63) is 29.3 Å². The number of benzene rings is 1. The molecule has 2 aliphatic heterocycles. The molecule has 74 valence electrons. The van der Waals surface area contributed by atoms with Crippen LogP contribution in [0.4, 0.5) is 0 Å². The highest BCUT2D eigenvalue weighted by molar-refractivity contribution is 7.97. The summed E-state index contributed by atoms with van der Waals surface area (Å²) in [6.07, 6.45) is 0. The quantitative estimate of drug-likeness (QED) is 0.569. The minimum atomic E-state index is 0.649. The second-order valence-electron chi connectivity index (χ2n) is 3.58. The number of hydrogen-bond acceptors (Lipinski definition) is 3. The first kappa shape index (κ1) is 9.04. The minimum absolute atomic E-state index is 0.649. The predicted molar refractivity (Wildman–Crippen MR) is 57.5 cm³/mol. The van der Waals surface area contributed by atoms with Gasteiger partial charge in [0.25, 0.3) is 0 Å². The lowest BCUT2D eigenvalue weighted by Crippen LogP contribution is -2.04. The lowest BCUT2D eigenvalue weighted by molar-refractivity contribution is 0.158. The van der Waals surface area contributed by atoms with Gasteiger partial charge in [-0.25, -0.2) is 4.31 Å². The van der Waals surface area contributed by atoms with E-state index in [1.54, 1.807) is 11.9 Å². The molecule has 0 saturated carbocycles. The largest absolute Gasteiger partial charge is 0.378 e. The Labute approximate surface area is 92.3 Å². The molecule has 2 saturated heterocycles. The average Bonchev–Trinajstić information content (AvgIpc) is 2.63. The molecule has 2 atom stereocenters. The fraction of sp³-hybridized carbons (Fsp3) is 0.400. The molecule has 2 heterocycles. The van der Waals surface area contributed by atoms with Crippen molar-refractivity contribution in [2.75, 3.05) is 13.2 Å². The number of fused-ring (bicyclic) bond motifs is 1. The SMILES string of the molecule is Clc1ccc(SN2C3COCC32)cc1. The molecule has 0 aliphatic carbocycles. The Morgan fingerprint density at radius 3 is 2.50 bits per heavy atom. The first-order valence-corrected chi connectivity index (χ1v) is 5.79. The van der Waals surface area contributed by atoms with E-state index in [-0.39, 0.29) is 0 Å². The maximum absolute atomic E-state index is 5.82. The van der Waals surface area contributed by atoms with Crippen molar-refractivity contribution in [3.63, 3.8) is 0 Å². The smallest absolute Gasteiger partial charge is 0.0648 e. The molecule has 0 aromatic heterocycles. The normalized spacial score (nSPS) is 34.2. The third kappa shape index (κ3) is 1.54. The summed E-state index contributed by atoms with van der Waals surface area (Å²) in [4.78, 5) is 1.25. The Hall–Kier alpha value is -0.220. The minimum Gasteiger partial charge on any atom is -0.378 e. The fourth-order valence-electron chi connectivity index (χ4n) is 1.74. The molecule has 0 spiro atoms. The van der Waals surface area contributed by atoms with E-state index in [1.165, 1.54) is 4.90 Å². The van der Waals surface area contributed by atoms with Crippen molar-refractivity contribution in [2.45, 2.75) is 17.0 Å². The summed E-state index contributed by atoms with van der Waals surface area (Å²) in [5.41, 5.74) is 0. The van der Waals surface area contributed by atoms with Crippen LogP contribution >= 0.6 is 23.5 Å². The lowest BCUT2D eigenvalue weighted by atomic mass is 10.4. The van der Waals surface area contributed by atoms with Gasteiger partial charge >= 0.3 is 0 Å². The number of ether oxygens (including phenoxy) is 1. The Kier molecular flexibility index (Phi) is 2.21. The standard InChI is InChI=1S/C10H10ClNOS/c11-7-1-3-8(4-2-7)14-12-9-5-13-6-10(9)12/h1-4,9-10H,5-6H2. The maximum Gasteiger partial charge on any atom is 0.0648 e. The van der Waals surface area contributed by atoms with Gasteiger partial charge in [0.2, 0.25) is 0 Å². The number of nitrogens with zero attached hydrogens (tertiary/aromatic N) is 1. The van der Waals surface area contributed by atoms with E-state index < -0.39 is 0 Å². The highest BCUT2D eigenvalue weighted by Crippen LogP contribution is 2.43. The molecule has 3 rings (SSSR count). The molecular weight excluding hydrogens is 218 g/mol. The Morgan fingerprint density at radius 1 is 1.21 bits per heavy atom. The van der Waals surface area contributed by atoms with Gasteiger partial charge in [-0.05, 0) is 36.2 Å². The zero-order chi connectivity index (χ0) is 9.54. The number of rotatable bonds is 2. The first-order valence-electron chi connectivity index (χ1n) is 4.64. The topological polar surface area (TPSA) is 12.2 Å². The molecule has 2 unspecified atom stereocenters. The van der Waals surface area contributed by atoms with E-state index in [1.807, 2.05) is 12.1 Å². The molecule has 2 aliphatic rings. The molecular formula is C10H10ClNOS. The summed E-state index contributed by atoms with van der Waals surface area (Å²) in [6.45, 7) is 1.79. The van der Waals surface area contributed by atoms with Crippen molar-refractivity contribution < 1.29 is 4.74 Å². The highest BCUT2D eigenvalue weighted by Gasteiger charge is 2.52. The molecule has 1 aromatic rings. The zero-order valence-corrected chi connectivity index (χ0v) is 9.09. The average molecular weight is 228 g/mol. The molecule has 0 N–H and O–H groups in total. The number of hydrogen-bond donors (Lipinski definition) is 0. The van der Waals surface area contributed by atoms with Gasteiger partial charge in [0, 0.05) is 9.92 Å². The van der Waals surface area contributed by atoms with E-state index in [4.69, 9.17) is 16.3 Å². The maximum atomic E-state index is 5.82. The monoisotopic (exact) mass is 227 g/mol. The highest BCUT2D eigenvalue weighted by atomic mass is 35.5. The Morgan fingerprint density at radius 2 is 1.86 bits per heavy atom. The lowest BCUT2D eigenvalue weighted by Gasteiger charge is -2.06. The van der Waals surface area contributed by atoms with Gasteiger partial charge in [-0.2, -0.15) is 0 Å². The molecule has 0 amide bonds. The molecule has 0 bridgehead atoms. The van der Waals surface area contributed by atoms with Crippen molar-refractivity contribution in [2.24, 2.45) is 0 Å². The van der Waals surface area contributed by atoms with Gasteiger partial charge in [-0.15, -0.1) is 0 Å². The van der Waals surface area contributed by atoms with Crippen LogP contribution in [-0.4, -0.2) is 29.6 Å². The van der Waals surface area contributed by atoms with E-state index in [0.29, 0.717) is 12.1 Å². The van der Waals surface area contributed by atoms with Gasteiger partial charge in [0.15, 0.2) is 0 Å². The van der Waals surface area contributed by atoms with Gasteiger partial charge in [0.05, 0.1) is 25.3 Å². The third-order valence-corrected chi connectivity index (χ3v) is 4.10. The Bertz CT molecular complexity index is 332. The predicted octanol–water partition coefficient (Wildman–Crippen LogP) is 2.43. The van der Waals surface area contributed by atoms with E-state index >= 15 is 0 Å². The van der Waals surface area contributed by atoms with Crippen LogP contribution in [0.15, 0.2) is 29.2 Å². The van der Waals surface area contributed by atoms with Gasteiger partial charge < -0.3 is 4.74 Å². The summed E-state index contributed by atoms with van der Waals surface area (Å²) < 4.78 is 7.71.